The molecule has 0 bridgehead atoms. The summed E-state index contributed by atoms with van der Waals surface area (Å²) in [5.74, 6) is -1.94. The van der Waals surface area contributed by atoms with E-state index in [1.807, 2.05) is 6.07 Å². The lowest BCUT2D eigenvalue weighted by Gasteiger charge is -2.24. The van der Waals surface area contributed by atoms with Crippen LogP contribution in [0.3, 0.4) is 0 Å². The largest absolute Gasteiger partial charge is 0.480 e. The number of thioether (sulfide) groups is 1. The van der Waals surface area contributed by atoms with Crippen molar-refractivity contribution in [2.75, 3.05) is 28.9 Å². The Morgan fingerprint density at radius 1 is 1.37 bits per heavy atom. The molecule has 0 saturated heterocycles. The molecule has 1 heterocycles. The maximum Gasteiger partial charge on any atom is 0.416 e. The summed E-state index contributed by atoms with van der Waals surface area (Å²) in [6.45, 7) is -0.824. The van der Waals surface area contributed by atoms with E-state index in [0.717, 1.165) is 28.9 Å². The number of rotatable bonds is 6. The fraction of sp³-hybridized carbons (Fsp3) is 0.188. The first-order chi connectivity index (χ1) is 14.0. The molecule has 0 unspecified atom stereocenters. The number of aromatic nitrogens is 2. The molecule has 0 fully saturated rings. The molecule has 0 atom stereocenters. The number of nitrogens with two attached hydrogens (primary N) is 1. The summed E-state index contributed by atoms with van der Waals surface area (Å²) in [5.41, 5.74) is 6.41. The SMILES string of the molecule is CSc1nc(N)nc(N(CC(=O)O)NC(=O)Nc2cccc(C(F)(F)F)c2)c1C#N. The molecule has 0 saturated carbocycles. The molecule has 2 amide bonds. The summed E-state index contributed by atoms with van der Waals surface area (Å²) < 4.78 is 38.4. The fourth-order valence-corrected chi connectivity index (χ4v) is 2.77. The van der Waals surface area contributed by atoms with Gasteiger partial charge < -0.3 is 16.2 Å². The zero-order chi connectivity index (χ0) is 22.5. The van der Waals surface area contributed by atoms with E-state index in [9.17, 15) is 28.0 Å². The quantitative estimate of drug-likeness (QED) is 0.300. The minimum absolute atomic E-state index is 0.141. The Morgan fingerprint density at radius 3 is 2.63 bits per heavy atom. The number of nitrogen functional groups attached to an aromatic ring is 1. The molecule has 0 radical (unpaired) electrons. The molecule has 30 heavy (non-hydrogen) atoms. The highest BCUT2D eigenvalue weighted by Crippen LogP contribution is 2.30. The van der Waals surface area contributed by atoms with E-state index in [2.05, 4.69) is 20.7 Å². The van der Waals surface area contributed by atoms with E-state index >= 15 is 0 Å². The van der Waals surface area contributed by atoms with Gasteiger partial charge in [-0.1, -0.05) is 6.07 Å². The number of carbonyl (C=O) groups excluding carboxylic acids is 1. The number of halogens is 3. The summed E-state index contributed by atoms with van der Waals surface area (Å²) in [5, 5.41) is 21.6. The van der Waals surface area contributed by atoms with Gasteiger partial charge in [0, 0.05) is 5.69 Å². The predicted octanol–water partition coefficient (Wildman–Crippen LogP) is 2.30. The van der Waals surface area contributed by atoms with Crippen molar-refractivity contribution in [3.05, 3.63) is 35.4 Å². The number of nitrogens with one attached hydrogen (secondary N) is 2. The van der Waals surface area contributed by atoms with Crippen LogP contribution in [0.25, 0.3) is 0 Å². The highest BCUT2D eigenvalue weighted by Gasteiger charge is 2.30. The first kappa shape index (κ1) is 22.6. The molecular formula is C16H14F3N7O3S. The molecule has 10 nitrogen and oxygen atoms in total. The number of alkyl halides is 3. The molecule has 1 aromatic heterocycles. The number of hydrogen-bond acceptors (Lipinski definition) is 8. The maximum absolute atomic E-state index is 12.8. The fourth-order valence-electron chi connectivity index (χ4n) is 2.24. The monoisotopic (exact) mass is 441 g/mol. The van der Waals surface area contributed by atoms with Gasteiger partial charge in [-0.2, -0.15) is 23.4 Å². The molecule has 0 spiro atoms. The third-order valence-electron chi connectivity index (χ3n) is 3.41. The molecule has 5 N–H and O–H groups in total. The van der Waals surface area contributed by atoms with Crippen LogP contribution in [0.2, 0.25) is 0 Å². The van der Waals surface area contributed by atoms with Gasteiger partial charge in [-0.3, -0.25) is 9.80 Å². The molecule has 0 aliphatic rings. The van der Waals surface area contributed by atoms with Gasteiger partial charge in [0.25, 0.3) is 0 Å². The van der Waals surface area contributed by atoms with E-state index in [4.69, 9.17) is 10.8 Å². The summed E-state index contributed by atoms with van der Waals surface area (Å²) in [6, 6.07) is 4.58. The van der Waals surface area contributed by atoms with Gasteiger partial charge in [0.1, 0.15) is 23.2 Å². The number of amides is 2. The first-order valence-corrected chi connectivity index (χ1v) is 9.13. The van der Waals surface area contributed by atoms with Gasteiger partial charge in [-0.25, -0.2) is 15.2 Å². The standard InChI is InChI=1S/C16H14F3N7O3S/c1-30-13-10(6-20)12(23-14(21)24-13)26(7-11(27)28)25-15(29)22-9-4-2-3-8(5-9)16(17,18)19/h2-5H,7H2,1H3,(H,27,28)(H2,21,23,24)(H2,22,25,29). The number of nitriles is 1. The zero-order valence-electron chi connectivity index (χ0n) is 15.2. The number of carboxylic acid groups (broad SMARTS) is 1. The van der Waals surface area contributed by atoms with Crippen molar-refractivity contribution < 1.29 is 27.9 Å². The second-order valence-corrected chi connectivity index (χ2v) is 6.32. The Balaban J connectivity index is 2.32. The van der Waals surface area contributed by atoms with E-state index in [-0.39, 0.29) is 28.0 Å². The lowest BCUT2D eigenvalue weighted by atomic mass is 10.2. The normalized spacial score (nSPS) is 10.8. The van der Waals surface area contributed by atoms with Crippen molar-refractivity contribution in [2.45, 2.75) is 11.2 Å². The van der Waals surface area contributed by atoms with E-state index in [1.165, 1.54) is 6.07 Å². The van der Waals surface area contributed by atoms with E-state index < -0.39 is 30.3 Å². The molecule has 0 aliphatic heterocycles. The minimum atomic E-state index is -4.61. The topological polar surface area (TPSA) is 157 Å². The molecule has 14 heteroatoms. The number of hydrazine groups is 1. The van der Waals surface area contributed by atoms with Gasteiger partial charge >= 0.3 is 18.2 Å². The smallest absolute Gasteiger partial charge is 0.416 e. The van der Waals surface area contributed by atoms with Crippen LogP contribution >= 0.6 is 11.8 Å². The van der Waals surface area contributed by atoms with Gasteiger partial charge in [0.05, 0.1) is 5.56 Å². The summed E-state index contributed by atoms with van der Waals surface area (Å²) in [7, 11) is 0. The molecule has 158 valence electrons. The molecule has 1 aromatic carbocycles. The Bertz CT molecular complexity index is 1010. The second-order valence-electron chi connectivity index (χ2n) is 5.53. The molecular weight excluding hydrogens is 427 g/mol. The van der Waals surface area contributed by atoms with Crippen LogP contribution in [0.1, 0.15) is 11.1 Å². The van der Waals surface area contributed by atoms with Crippen LogP contribution in [-0.2, 0) is 11.0 Å². The minimum Gasteiger partial charge on any atom is -0.480 e. The average molecular weight is 441 g/mol. The summed E-state index contributed by atoms with van der Waals surface area (Å²) in [6.07, 6.45) is -3.01. The highest BCUT2D eigenvalue weighted by molar-refractivity contribution is 7.98. The van der Waals surface area contributed by atoms with Crippen LogP contribution in [0, 0.1) is 11.3 Å². The second kappa shape index (κ2) is 9.18. The summed E-state index contributed by atoms with van der Waals surface area (Å²) in [4.78, 5) is 31.2. The summed E-state index contributed by atoms with van der Waals surface area (Å²) >= 11 is 1.05. The lowest BCUT2D eigenvalue weighted by Crippen LogP contribution is -2.48. The number of benzene rings is 1. The van der Waals surface area contributed by atoms with Gasteiger partial charge in [-0.05, 0) is 24.5 Å². The Kier molecular flexibility index (Phi) is 6.90. The van der Waals surface area contributed by atoms with Crippen molar-refractivity contribution in [3.8, 4) is 6.07 Å². The maximum atomic E-state index is 12.8. The average Bonchev–Trinajstić information content (AvgIpc) is 2.65. The van der Waals surface area contributed by atoms with Crippen molar-refractivity contribution in [1.82, 2.24) is 15.4 Å². The van der Waals surface area contributed by atoms with Gasteiger partial charge in [0.2, 0.25) is 5.95 Å². The zero-order valence-corrected chi connectivity index (χ0v) is 16.0. The van der Waals surface area contributed by atoms with Gasteiger partial charge in [0.15, 0.2) is 5.82 Å². The number of aliphatic carboxylic acids is 1. The van der Waals surface area contributed by atoms with Gasteiger partial charge in [-0.15, -0.1) is 11.8 Å². The molecule has 2 aromatic rings. The van der Waals surface area contributed by atoms with Crippen LogP contribution in [-0.4, -0.2) is 39.9 Å². The van der Waals surface area contributed by atoms with Crippen LogP contribution in [0.15, 0.2) is 29.3 Å². The van der Waals surface area contributed by atoms with Crippen LogP contribution in [0.5, 0.6) is 0 Å². The van der Waals surface area contributed by atoms with E-state index in [0.29, 0.717) is 6.07 Å². The van der Waals surface area contributed by atoms with Crippen molar-refractivity contribution >= 4 is 41.2 Å². The number of carbonyl (C=O) groups is 2. The Hall–Kier alpha value is -3.73. The van der Waals surface area contributed by atoms with E-state index in [1.54, 1.807) is 6.26 Å². The Morgan fingerprint density at radius 2 is 2.07 bits per heavy atom. The van der Waals surface area contributed by atoms with Crippen molar-refractivity contribution in [1.29, 1.82) is 5.26 Å². The lowest BCUT2D eigenvalue weighted by molar-refractivity contribution is -0.137. The van der Waals surface area contributed by atoms with Crippen molar-refractivity contribution in [3.63, 3.8) is 0 Å². The number of hydrogen-bond donors (Lipinski definition) is 4. The predicted molar refractivity (Wildman–Crippen MR) is 102 cm³/mol. The highest BCUT2D eigenvalue weighted by atomic mass is 32.2. The number of nitrogens with zero attached hydrogens (tertiary/aromatic N) is 4. The number of urea groups is 1. The molecule has 0 aliphatic carbocycles. The van der Waals surface area contributed by atoms with Crippen LogP contribution in [0.4, 0.5) is 35.4 Å². The number of carboxylic acids is 1. The third kappa shape index (κ3) is 5.64. The van der Waals surface area contributed by atoms with Crippen molar-refractivity contribution in [2.24, 2.45) is 0 Å². The third-order valence-corrected chi connectivity index (χ3v) is 4.09. The number of anilines is 3. The first-order valence-electron chi connectivity index (χ1n) is 7.91. The Labute approximate surface area is 171 Å². The van der Waals surface area contributed by atoms with Crippen LogP contribution < -0.4 is 21.5 Å². The molecule has 2 rings (SSSR count).